The number of nitrogens with one attached hydrogen (secondary N) is 1. The van der Waals surface area contributed by atoms with Crippen LogP contribution >= 0.6 is 23.1 Å². The van der Waals surface area contributed by atoms with E-state index in [-0.39, 0.29) is 11.7 Å². The van der Waals surface area contributed by atoms with E-state index in [4.69, 9.17) is 4.74 Å². The van der Waals surface area contributed by atoms with Gasteiger partial charge in [-0.25, -0.2) is 9.78 Å². The first kappa shape index (κ1) is 20.0. The van der Waals surface area contributed by atoms with Crippen molar-refractivity contribution >= 4 is 40.1 Å². The number of esters is 1. The van der Waals surface area contributed by atoms with Crippen LogP contribution in [0.25, 0.3) is 5.69 Å². The summed E-state index contributed by atoms with van der Waals surface area (Å²) >= 11 is 2.29. The Bertz CT molecular complexity index is 1030. The third kappa shape index (κ3) is 4.37. The van der Waals surface area contributed by atoms with Gasteiger partial charge in [0.1, 0.15) is 4.88 Å². The van der Waals surface area contributed by atoms with Gasteiger partial charge in [-0.1, -0.05) is 35.2 Å². The number of benzene rings is 1. The van der Waals surface area contributed by atoms with Gasteiger partial charge in [-0.2, -0.15) is 4.68 Å². The summed E-state index contributed by atoms with van der Waals surface area (Å²) in [4.78, 5) is 28.5. The van der Waals surface area contributed by atoms with Crippen LogP contribution in [0, 0.1) is 20.8 Å². The minimum atomic E-state index is -0.474. The van der Waals surface area contributed by atoms with E-state index in [2.05, 4.69) is 25.8 Å². The standard InChI is InChI=1S/C17H18N6O3S2/c1-9-5-6-10(2)12(7-9)23-17(20-21-22-23)27-8-13(24)19-16-18-11(3)14(28-16)15(25)26-4/h5-7H,8H2,1-4H3,(H,18,19,24). The molecule has 1 amide bonds. The molecule has 0 spiro atoms. The molecule has 0 aliphatic heterocycles. The van der Waals surface area contributed by atoms with Gasteiger partial charge in [0.2, 0.25) is 11.1 Å². The molecular formula is C17H18N6O3S2. The predicted octanol–water partition coefficient (Wildman–Crippen LogP) is 2.56. The third-order valence-corrected chi connectivity index (χ3v) is 5.75. The molecular weight excluding hydrogens is 400 g/mol. The van der Waals surface area contributed by atoms with Gasteiger partial charge in [0.15, 0.2) is 5.13 Å². The van der Waals surface area contributed by atoms with Crippen molar-refractivity contribution in [2.75, 3.05) is 18.2 Å². The molecule has 0 saturated carbocycles. The highest BCUT2D eigenvalue weighted by molar-refractivity contribution is 7.99. The molecule has 0 atom stereocenters. The molecule has 3 aromatic rings. The lowest BCUT2D eigenvalue weighted by Gasteiger charge is -2.08. The van der Waals surface area contributed by atoms with E-state index in [0.717, 1.165) is 28.2 Å². The molecule has 0 bridgehead atoms. The summed E-state index contributed by atoms with van der Waals surface area (Å²) in [5, 5.41) is 15.3. The molecule has 11 heteroatoms. The Morgan fingerprint density at radius 3 is 2.82 bits per heavy atom. The SMILES string of the molecule is COC(=O)c1sc(NC(=O)CSc2nnnn2-c2cc(C)ccc2C)nc1C. The average molecular weight is 419 g/mol. The van der Waals surface area contributed by atoms with Crippen molar-refractivity contribution in [3.8, 4) is 5.69 Å². The number of hydrogen-bond acceptors (Lipinski definition) is 9. The monoisotopic (exact) mass is 418 g/mol. The van der Waals surface area contributed by atoms with Crippen molar-refractivity contribution in [3.63, 3.8) is 0 Å². The Morgan fingerprint density at radius 1 is 1.29 bits per heavy atom. The first-order chi connectivity index (χ1) is 13.4. The maximum absolute atomic E-state index is 12.3. The minimum absolute atomic E-state index is 0.0947. The fourth-order valence-electron chi connectivity index (χ4n) is 2.39. The highest BCUT2D eigenvalue weighted by Crippen LogP contribution is 2.25. The number of aromatic nitrogens is 5. The first-order valence-corrected chi connectivity index (χ1v) is 10.0. The molecule has 2 heterocycles. The van der Waals surface area contributed by atoms with Crippen molar-refractivity contribution in [1.29, 1.82) is 0 Å². The molecule has 9 nitrogen and oxygen atoms in total. The first-order valence-electron chi connectivity index (χ1n) is 8.23. The second-order valence-electron chi connectivity index (χ2n) is 5.93. The van der Waals surface area contributed by atoms with Crippen molar-refractivity contribution < 1.29 is 14.3 Å². The molecule has 146 valence electrons. The summed E-state index contributed by atoms with van der Waals surface area (Å²) in [6, 6.07) is 6.00. The smallest absolute Gasteiger partial charge is 0.350 e. The second kappa shape index (κ2) is 8.48. The van der Waals surface area contributed by atoms with Crippen molar-refractivity contribution in [1.82, 2.24) is 25.2 Å². The number of anilines is 1. The third-order valence-electron chi connectivity index (χ3n) is 3.78. The summed E-state index contributed by atoms with van der Waals surface area (Å²) in [7, 11) is 1.30. The quantitative estimate of drug-likeness (QED) is 0.480. The number of tetrazole rings is 1. The zero-order valence-corrected chi connectivity index (χ0v) is 17.3. The summed E-state index contributed by atoms with van der Waals surface area (Å²) < 4.78 is 6.31. The van der Waals surface area contributed by atoms with Crippen LogP contribution in [-0.2, 0) is 9.53 Å². The largest absolute Gasteiger partial charge is 0.465 e. The normalized spacial score (nSPS) is 10.7. The van der Waals surface area contributed by atoms with Crippen LogP contribution in [0.5, 0.6) is 0 Å². The maximum Gasteiger partial charge on any atom is 0.350 e. The lowest BCUT2D eigenvalue weighted by atomic mass is 10.1. The van der Waals surface area contributed by atoms with Gasteiger partial charge in [-0.3, -0.25) is 4.79 Å². The van der Waals surface area contributed by atoms with Crippen LogP contribution in [0.15, 0.2) is 23.4 Å². The summed E-state index contributed by atoms with van der Waals surface area (Å²) in [6.07, 6.45) is 0. The predicted molar refractivity (Wildman–Crippen MR) is 106 cm³/mol. The Kier molecular flexibility index (Phi) is 6.05. The number of amides is 1. The number of carbonyl (C=O) groups excluding carboxylic acids is 2. The van der Waals surface area contributed by atoms with Crippen LogP contribution in [0.3, 0.4) is 0 Å². The Labute approximate surface area is 169 Å². The van der Waals surface area contributed by atoms with Crippen molar-refractivity contribution in [2.45, 2.75) is 25.9 Å². The fraction of sp³-hybridized carbons (Fsp3) is 0.294. The van der Waals surface area contributed by atoms with Crippen LogP contribution < -0.4 is 5.32 Å². The number of methoxy groups -OCH3 is 1. The number of rotatable bonds is 6. The van der Waals surface area contributed by atoms with Gasteiger partial charge in [0, 0.05) is 0 Å². The number of hydrogen-bond donors (Lipinski definition) is 1. The van der Waals surface area contributed by atoms with Crippen LogP contribution in [0.4, 0.5) is 5.13 Å². The van der Waals surface area contributed by atoms with Crippen molar-refractivity contribution in [2.24, 2.45) is 0 Å². The van der Waals surface area contributed by atoms with E-state index in [0.29, 0.717) is 20.9 Å². The average Bonchev–Trinajstić information content (AvgIpc) is 3.27. The zero-order chi connectivity index (χ0) is 20.3. The number of aryl methyl sites for hydroxylation is 3. The summed E-state index contributed by atoms with van der Waals surface area (Å²) in [5.41, 5.74) is 3.49. The van der Waals surface area contributed by atoms with E-state index >= 15 is 0 Å². The van der Waals surface area contributed by atoms with Gasteiger partial charge in [0.25, 0.3) is 0 Å². The Hall–Kier alpha value is -2.79. The number of thioether (sulfide) groups is 1. The molecule has 0 aliphatic rings. The van der Waals surface area contributed by atoms with E-state index in [1.807, 2.05) is 32.0 Å². The van der Waals surface area contributed by atoms with E-state index in [9.17, 15) is 9.59 Å². The number of carbonyl (C=O) groups is 2. The molecule has 0 aliphatic carbocycles. The number of nitrogens with zero attached hydrogens (tertiary/aromatic N) is 5. The molecule has 0 saturated heterocycles. The lowest BCUT2D eigenvalue weighted by Crippen LogP contribution is -2.14. The molecule has 3 rings (SSSR count). The Balaban J connectivity index is 1.67. The van der Waals surface area contributed by atoms with E-state index in [1.54, 1.807) is 11.6 Å². The highest BCUT2D eigenvalue weighted by atomic mass is 32.2. The molecule has 0 fully saturated rings. The van der Waals surface area contributed by atoms with Gasteiger partial charge in [0.05, 0.1) is 24.2 Å². The zero-order valence-electron chi connectivity index (χ0n) is 15.7. The molecule has 2 aromatic heterocycles. The topological polar surface area (TPSA) is 112 Å². The fourth-order valence-corrected chi connectivity index (χ4v) is 3.97. The van der Waals surface area contributed by atoms with Gasteiger partial charge in [-0.15, -0.1) is 5.10 Å². The van der Waals surface area contributed by atoms with Crippen LogP contribution in [-0.4, -0.2) is 49.9 Å². The number of ether oxygens (including phenoxy) is 1. The minimum Gasteiger partial charge on any atom is -0.465 e. The molecule has 0 unspecified atom stereocenters. The van der Waals surface area contributed by atoms with Gasteiger partial charge < -0.3 is 10.1 Å². The highest BCUT2D eigenvalue weighted by Gasteiger charge is 2.18. The number of thiazole rings is 1. The van der Waals surface area contributed by atoms with Crippen LogP contribution in [0.1, 0.15) is 26.5 Å². The Morgan fingerprint density at radius 2 is 2.07 bits per heavy atom. The molecule has 1 aromatic carbocycles. The summed E-state index contributed by atoms with van der Waals surface area (Å²) in [6.45, 7) is 5.65. The lowest BCUT2D eigenvalue weighted by molar-refractivity contribution is -0.113. The summed E-state index contributed by atoms with van der Waals surface area (Å²) in [5.74, 6) is -0.652. The maximum atomic E-state index is 12.3. The van der Waals surface area contributed by atoms with Crippen molar-refractivity contribution in [3.05, 3.63) is 39.9 Å². The molecule has 28 heavy (non-hydrogen) atoms. The van der Waals surface area contributed by atoms with E-state index < -0.39 is 5.97 Å². The van der Waals surface area contributed by atoms with Gasteiger partial charge in [-0.05, 0) is 48.4 Å². The van der Waals surface area contributed by atoms with Crippen LogP contribution in [0.2, 0.25) is 0 Å². The van der Waals surface area contributed by atoms with Gasteiger partial charge >= 0.3 is 5.97 Å². The van der Waals surface area contributed by atoms with E-state index in [1.165, 1.54) is 18.9 Å². The second-order valence-corrected chi connectivity index (χ2v) is 7.87. The molecule has 1 N–H and O–H groups in total. The molecule has 0 radical (unpaired) electrons.